The summed E-state index contributed by atoms with van der Waals surface area (Å²) in [7, 11) is 0. The number of benzene rings is 1. The van der Waals surface area contributed by atoms with Gasteiger partial charge in [-0.3, -0.25) is 4.57 Å². The van der Waals surface area contributed by atoms with E-state index >= 15 is 0 Å². The average molecular weight is 469 g/mol. The standard InChI is InChI=1S/C25H30F2N6O/c1-14(2)16(11-19(28)22-17(26)7-6-8-18(22)27)23(29)15(3)20-9-10-30-24(32-20)33-12-21(31-13-33)25(4,5)34/h6-15,34H,28-29H2,1-5H3/b19-11-,23-16+. The van der Waals surface area contributed by atoms with Gasteiger partial charge in [0.15, 0.2) is 0 Å². The molecule has 0 aliphatic rings. The molecule has 9 heteroatoms. The fourth-order valence-electron chi connectivity index (χ4n) is 3.48. The SMILES string of the molecule is CC(C)C(/C=C(\N)c1c(F)cccc1F)=C(/N)C(C)c1ccnc(-n2cnc(C(C)(C)O)c2)n1. The van der Waals surface area contributed by atoms with Crippen LogP contribution in [0.2, 0.25) is 0 Å². The van der Waals surface area contributed by atoms with E-state index in [4.69, 9.17) is 11.5 Å². The van der Waals surface area contributed by atoms with Crippen molar-refractivity contribution in [3.05, 3.63) is 88.9 Å². The van der Waals surface area contributed by atoms with E-state index in [2.05, 4.69) is 15.0 Å². The molecule has 34 heavy (non-hydrogen) atoms. The van der Waals surface area contributed by atoms with Crippen LogP contribution in [0.1, 0.15) is 57.5 Å². The van der Waals surface area contributed by atoms with E-state index in [9.17, 15) is 13.9 Å². The smallest absolute Gasteiger partial charge is 0.235 e. The molecule has 1 aromatic carbocycles. The first kappa shape index (κ1) is 25.0. The third-order valence-corrected chi connectivity index (χ3v) is 5.53. The molecule has 0 aliphatic heterocycles. The molecule has 2 aromatic heterocycles. The highest BCUT2D eigenvalue weighted by molar-refractivity contribution is 5.67. The van der Waals surface area contributed by atoms with Crippen molar-refractivity contribution in [3.8, 4) is 5.95 Å². The van der Waals surface area contributed by atoms with Gasteiger partial charge in [-0.05, 0) is 49.6 Å². The van der Waals surface area contributed by atoms with Crippen LogP contribution in [-0.4, -0.2) is 24.6 Å². The van der Waals surface area contributed by atoms with E-state index in [-0.39, 0.29) is 23.1 Å². The highest BCUT2D eigenvalue weighted by Crippen LogP contribution is 2.28. The van der Waals surface area contributed by atoms with Crippen LogP contribution in [0, 0.1) is 17.6 Å². The Balaban J connectivity index is 2.00. The molecule has 3 rings (SSSR count). The summed E-state index contributed by atoms with van der Waals surface area (Å²) in [6.45, 7) is 9.01. The molecule has 5 N–H and O–H groups in total. The van der Waals surface area contributed by atoms with Crippen LogP contribution in [0.3, 0.4) is 0 Å². The number of imidazole rings is 1. The lowest BCUT2D eigenvalue weighted by atomic mass is 9.91. The zero-order valence-corrected chi connectivity index (χ0v) is 19.9. The topological polar surface area (TPSA) is 116 Å². The number of rotatable bonds is 7. The van der Waals surface area contributed by atoms with Crippen LogP contribution in [0.25, 0.3) is 11.6 Å². The Morgan fingerprint density at radius 2 is 1.74 bits per heavy atom. The van der Waals surface area contributed by atoms with Gasteiger partial charge in [0.1, 0.15) is 23.6 Å². The number of nitrogens with zero attached hydrogens (tertiary/aromatic N) is 4. The van der Waals surface area contributed by atoms with E-state index < -0.39 is 17.2 Å². The third kappa shape index (κ3) is 5.31. The lowest BCUT2D eigenvalue weighted by Crippen LogP contribution is -2.16. The van der Waals surface area contributed by atoms with Crippen molar-refractivity contribution in [2.45, 2.75) is 46.1 Å². The fraction of sp³-hybridized carbons (Fsp3) is 0.320. The molecule has 1 unspecified atom stereocenters. The Kier molecular flexibility index (Phi) is 7.16. The fourth-order valence-corrected chi connectivity index (χ4v) is 3.48. The third-order valence-electron chi connectivity index (χ3n) is 5.53. The van der Waals surface area contributed by atoms with Crippen molar-refractivity contribution >= 4 is 5.70 Å². The Morgan fingerprint density at radius 3 is 2.29 bits per heavy atom. The lowest BCUT2D eigenvalue weighted by molar-refractivity contribution is 0.0742. The zero-order chi connectivity index (χ0) is 25.2. The quantitative estimate of drug-likeness (QED) is 0.449. The summed E-state index contributed by atoms with van der Waals surface area (Å²) in [5.74, 6) is -1.52. The molecular weight excluding hydrogens is 438 g/mol. The second kappa shape index (κ2) is 9.72. The summed E-state index contributed by atoms with van der Waals surface area (Å²) in [6.07, 6.45) is 6.32. The second-order valence-electron chi connectivity index (χ2n) is 8.99. The second-order valence-corrected chi connectivity index (χ2v) is 8.99. The van der Waals surface area contributed by atoms with Crippen molar-refractivity contribution in [1.29, 1.82) is 0 Å². The monoisotopic (exact) mass is 468 g/mol. The minimum Gasteiger partial charge on any atom is -0.401 e. The van der Waals surface area contributed by atoms with Crippen molar-refractivity contribution < 1.29 is 13.9 Å². The molecule has 0 saturated heterocycles. The predicted octanol–water partition coefficient (Wildman–Crippen LogP) is 4.14. The van der Waals surface area contributed by atoms with Crippen molar-refractivity contribution in [2.24, 2.45) is 17.4 Å². The summed E-state index contributed by atoms with van der Waals surface area (Å²) < 4.78 is 30.0. The Hall–Kier alpha value is -3.59. The maximum absolute atomic E-state index is 14.2. The van der Waals surface area contributed by atoms with Gasteiger partial charge in [0.05, 0.1) is 17.0 Å². The Labute approximate surface area is 197 Å². The van der Waals surface area contributed by atoms with E-state index in [0.717, 1.165) is 12.1 Å². The summed E-state index contributed by atoms with van der Waals surface area (Å²) >= 11 is 0. The first-order chi connectivity index (χ1) is 15.9. The van der Waals surface area contributed by atoms with E-state index in [1.165, 1.54) is 18.5 Å². The Morgan fingerprint density at radius 1 is 1.09 bits per heavy atom. The van der Waals surface area contributed by atoms with Crippen molar-refractivity contribution in [3.63, 3.8) is 0 Å². The van der Waals surface area contributed by atoms with E-state index in [1.54, 1.807) is 36.9 Å². The molecule has 0 aliphatic carbocycles. The lowest BCUT2D eigenvalue weighted by Gasteiger charge is -2.19. The molecule has 0 radical (unpaired) electrons. The number of nitrogens with two attached hydrogens (primary N) is 2. The van der Waals surface area contributed by atoms with Gasteiger partial charge in [-0.1, -0.05) is 26.8 Å². The molecule has 0 fully saturated rings. The van der Waals surface area contributed by atoms with Crippen LogP contribution >= 0.6 is 0 Å². The van der Waals surface area contributed by atoms with Gasteiger partial charge in [0.2, 0.25) is 5.95 Å². The molecule has 2 heterocycles. The molecular formula is C25H30F2N6O. The van der Waals surface area contributed by atoms with Crippen molar-refractivity contribution in [2.75, 3.05) is 0 Å². The first-order valence-electron chi connectivity index (χ1n) is 10.9. The molecule has 0 bridgehead atoms. The maximum Gasteiger partial charge on any atom is 0.235 e. The molecule has 180 valence electrons. The minimum atomic E-state index is -1.10. The molecule has 0 amide bonds. The zero-order valence-electron chi connectivity index (χ0n) is 19.9. The summed E-state index contributed by atoms with van der Waals surface area (Å²) in [5.41, 5.74) is 13.4. The van der Waals surface area contributed by atoms with Gasteiger partial charge in [-0.25, -0.2) is 23.7 Å². The number of hydrogen-bond donors (Lipinski definition) is 3. The summed E-state index contributed by atoms with van der Waals surface area (Å²) in [6, 6.07) is 5.35. The van der Waals surface area contributed by atoms with Gasteiger partial charge in [0, 0.05) is 29.7 Å². The number of halogens is 2. The number of hydrogen-bond acceptors (Lipinski definition) is 6. The molecule has 7 nitrogen and oxygen atoms in total. The van der Waals surface area contributed by atoms with Crippen LogP contribution in [0.15, 0.2) is 60.3 Å². The van der Waals surface area contributed by atoms with Crippen LogP contribution in [0.5, 0.6) is 0 Å². The highest BCUT2D eigenvalue weighted by atomic mass is 19.1. The maximum atomic E-state index is 14.2. The average Bonchev–Trinajstić information content (AvgIpc) is 3.27. The number of aliphatic hydroxyl groups is 1. The predicted molar refractivity (Wildman–Crippen MR) is 127 cm³/mol. The van der Waals surface area contributed by atoms with Crippen LogP contribution < -0.4 is 11.5 Å². The van der Waals surface area contributed by atoms with Crippen molar-refractivity contribution in [1.82, 2.24) is 19.5 Å². The van der Waals surface area contributed by atoms with Gasteiger partial charge in [-0.2, -0.15) is 0 Å². The minimum absolute atomic E-state index is 0.0459. The van der Waals surface area contributed by atoms with Gasteiger partial charge < -0.3 is 16.6 Å². The highest BCUT2D eigenvalue weighted by Gasteiger charge is 2.21. The van der Waals surface area contributed by atoms with E-state index in [0.29, 0.717) is 28.6 Å². The first-order valence-corrected chi connectivity index (χ1v) is 10.9. The normalized spacial score (nSPS) is 14.3. The molecule has 1 atom stereocenters. The summed E-state index contributed by atoms with van der Waals surface area (Å²) in [4.78, 5) is 13.1. The molecule has 0 spiro atoms. The largest absolute Gasteiger partial charge is 0.401 e. The van der Waals surface area contributed by atoms with Crippen LogP contribution in [0.4, 0.5) is 8.78 Å². The van der Waals surface area contributed by atoms with Gasteiger partial charge in [-0.15, -0.1) is 0 Å². The van der Waals surface area contributed by atoms with Crippen LogP contribution in [-0.2, 0) is 5.60 Å². The van der Waals surface area contributed by atoms with E-state index in [1.807, 2.05) is 20.8 Å². The molecule has 3 aromatic rings. The van der Waals surface area contributed by atoms with Gasteiger partial charge in [0.25, 0.3) is 0 Å². The summed E-state index contributed by atoms with van der Waals surface area (Å²) in [5, 5.41) is 10.2. The van der Waals surface area contributed by atoms with Gasteiger partial charge >= 0.3 is 0 Å². The number of allylic oxidation sites excluding steroid dienone is 3. The molecule has 0 saturated carbocycles. The Bertz CT molecular complexity index is 1220. The number of aromatic nitrogens is 4.